The van der Waals surface area contributed by atoms with E-state index in [1.54, 1.807) is 68.4 Å². The van der Waals surface area contributed by atoms with Gasteiger partial charge >= 0.3 is 12.1 Å². The molecule has 5 atom stereocenters. The van der Waals surface area contributed by atoms with E-state index in [1.807, 2.05) is 6.07 Å². The standard InChI is InChI=1S/C34H43F3N2O7/c1-21(2)26(19-30(42)46-20-25-13-9-6-10-14-25)33(45)39-28(18-24-11-7-5-8-12-24)29(41)17-22(3)32(44)38-27(16-15-23(4)40)31(43)34(35,36)37/h5-14,21-22,26-28,31,43H,15-20H2,1-4H3,(H,38,44)(H,39,45)/t22-,26+,27?,28+,31?/m1/s1. The number of aliphatic hydroxyl groups excluding tert-OH is 1. The van der Waals surface area contributed by atoms with Crippen molar-refractivity contribution < 1.29 is 47.0 Å². The van der Waals surface area contributed by atoms with Crippen LogP contribution in [0.25, 0.3) is 0 Å². The van der Waals surface area contributed by atoms with Gasteiger partial charge in [0.2, 0.25) is 11.8 Å². The average molecular weight is 649 g/mol. The number of nitrogens with one attached hydrogen (secondary N) is 2. The first-order chi connectivity index (χ1) is 21.6. The molecule has 0 fully saturated rings. The first kappa shape index (κ1) is 38.1. The lowest BCUT2D eigenvalue weighted by Gasteiger charge is -2.27. The maximum atomic E-state index is 13.5. The van der Waals surface area contributed by atoms with Gasteiger partial charge in [-0.1, -0.05) is 81.4 Å². The molecule has 3 N–H and O–H groups in total. The van der Waals surface area contributed by atoms with Crippen LogP contribution in [0.1, 0.15) is 64.5 Å². The Balaban J connectivity index is 2.15. The molecule has 0 saturated carbocycles. The molecule has 0 aliphatic carbocycles. The Kier molecular flexibility index (Phi) is 15.1. The Hall–Kier alpha value is -4.06. The first-order valence-electron chi connectivity index (χ1n) is 15.2. The number of Topliss-reactive ketones (excluding diaryl/α,β-unsaturated/α-hetero) is 2. The van der Waals surface area contributed by atoms with Gasteiger partial charge in [0.15, 0.2) is 11.9 Å². The average Bonchev–Trinajstić information content (AvgIpc) is 3.00. The van der Waals surface area contributed by atoms with E-state index < -0.39 is 78.4 Å². The maximum absolute atomic E-state index is 13.5. The molecular weight excluding hydrogens is 605 g/mol. The van der Waals surface area contributed by atoms with Gasteiger partial charge in [-0.05, 0) is 36.8 Å². The molecule has 0 spiro atoms. The number of rotatable bonds is 18. The maximum Gasteiger partial charge on any atom is 0.416 e. The van der Waals surface area contributed by atoms with E-state index in [2.05, 4.69) is 10.6 Å². The van der Waals surface area contributed by atoms with Crippen LogP contribution in [0.2, 0.25) is 0 Å². The van der Waals surface area contributed by atoms with Gasteiger partial charge in [0.1, 0.15) is 12.4 Å². The Morgan fingerprint density at radius 2 is 1.39 bits per heavy atom. The highest BCUT2D eigenvalue weighted by Crippen LogP contribution is 2.25. The molecule has 0 radical (unpaired) electrons. The molecule has 252 valence electrons. The molecular formula is C34H43F3N2O7. The summed E-state index contributed by atoms with van der Waals surface area (Å²) in [4.78, 5) is 63.8. The number of ketones is 2. The van der Waals surface area contributed by atoms with Gasteiger partial charge < -0.3 is 25.3 Å². The molecule has 0 heterocycles. The van der Waals surface area contributed by atoms with Gasteiger partial charge in [0.25, 0.3) is 0 Å². The molecule has 0 aromatic heterocycles. The minimum Gasteiger partial charge on any atom is -0.461 e. The third-order valence-corrected chi connectivity index (χ3v) is 7.57. The lowest BCUT2D eigenvalue weighted by atomic mass is 9.89. The fourth-order valence-electron chi connectivity index (χ4n) is 4.74. The van der Waals surface area contributed by atoms with Crippen LogP contribution in [0.3, 0.4) is 0 Å². The van der Waals surface area contributed by atoms with Crippen molar-refractivity contribution in [3.8, 4) is 0 Å². The third kappa shape index (κ3) is 13.1. The zero-order valence-corrected chi connectivity index (χ0v) is 26.5. The second-order valence-corrected chi connectivity index (χ2v) is 11.9. The number of aliphatic hydroxyl groups is 1. The molecule has 2 amide bonds. The number of ether oxygens (including phenoxy) is 1. The van der Waals surface area contributed by atoms with E-state index >= 15 is 0 Å². The topological polar surface area (TPSA) is 139 Å². The van der Waals surface area contributed by atoms with Crippen LogP contribution < -0.4 is 10.6 Å². The molecule has 2 unspecified atom stereocenters. The van der Waals surface area contributed by atoms with Crippen molar-refractivity contribution in [3.05, 3.63) is 71.8 Å². The van der Waals surface area contributed by atoms with E-state index in [9.17, 15) is 42.3 Å². The van der Waals surface area contributed by atoms with Crippen LogP contribution in [0.5, 0.6) is 0 Å². The minimum atomic E-state index is -5.04. The predicted molar refractivity (Wildman–Crippen MR) is 164 cm³/mol. The Morgan fingerprint density at radius 3 is 1.91 bits per heavy atom. The molecule has 2 aromatic carbocycles. The van der Waals surface area contributed by atoms with E-state index in [0.29, 0.717) is 5.56 Å². The highest BCUT2D eigenvalue weighted by Gasteiger charge is 2.44. The molecule has 46 heavy (non-hydrogen) atoms. The largest absolute Gasteiger partial charge is 0.461 e. The summed E-state index contributed by atoms with van der Waals surface area (Å²) in [6.07, 6.45) is -9.29. The predicted octanol–water partition coefficient (Wildman–Crippen LogP) is 4.49. The van der Waals surface area contributed by atoms with Gasteiger partial charge in [0, 0.05) is 18.8 Å². The van der Waals surface area contributed by atoms with Crippen molar-refractivity contribution in [2.75, 3.05) is 0 Å². The SMILES string of the molecule is CC(=O)CCC(NC(=O)[C@H](C)CC(=O)[C@H](Cc1ccccc1)NC(=O)[C@@H](CC(=O)OCc1ccccc1)C(C)C)C(O)C(F)(F)F. The van der Waals surface area contributed by atoms with Crippen molar-refractivity contribution in [2.24, 2.45) is 17.8 Å². The lowest BCUT2D eigenvalue weighted by molar-refractivity contribution is -0.213. The van der Waals surface area contributed by atoms with Crippen LogP contribution >= 0.6 is 0 Å². The van der Waals surface area contributed by atoms with Crippen molar-refractivity contribution in [1.82, 2.24) is 10.6 Å². The fourth-order valence-corrected chi connectivity index (χ4v) is 4.74. The molecule has 0 aliphatic rings. The monoisotopic (exact) mass is 648 g/mol. The van der Waals surface area contributed by atoms with Crippen LogP contribution in [0.4, 0.5) is 13.2 Å². The molecule has 0 bridgehead atoms. The number of esters is 1. The normalized spacial score (nSPS) is 14.8. The summed E-state index contributed by atoms with van der Waals surface area (Å²) in [7, 11) is 0. The smallest absolute Gasteiger partial charge is 0.416 e. The first-order valence-corrected chi connectivity index (χ1v) is 15.2. The molecule has 9 nitrogen and oxygen atoms in total. The number of hydrogen-bond donors (Lipinski definition) is 3. The van der Waals surface area contributed by atoms with E-state index in [4.69, 9.17) is 4.74 Å². The number of alkyl halides is 3. The lowest BCUT2D eigenvalue weighted by Crippen LogP contribution is -2.52. The van der Waals surface area contributed by atoms with Crippen molar-refractivity contribution in [3.63, 3.8) is 0 Å². The summed E-state index contributed by atoms with van der Waals surface area (Å²) >= 11 is 0. The van der Waals surface area contributed by atoms with Gasteiger partial charge in [-0.3, -0.25) is 19.2 Å². The van der Waals surface area contributed by atoms with Crippen molar-refractivity contribution >= 4 is 29.4 Å². The van der Waals surface area contributed by atoms with Crippen LogP contribution in [0.15, 0.2) is 60.7 Å². The summed E-state index contributed by atoms with van der Waals surface area (Å²) in [5.74, 6) is -5.29. The summed E-state index contributed by atoms with van der Waals surface area (Å²) < 4.78 is 45.0. The highest BCUT2D eigenvalue weighted by atomic mass is 19.4. The molecule has 0 saturated heterocycles. The summed E-state index contributed by atoms with van der Waals surface area (Å²) in [6.45, 7) is 6.08. The Morgan fingerprint density at radius 1 is 0.826 bits per heavy atom. The molecule has 0 aliphatic heterocycles. The number of carbonyl (C=O) groups is 5. The zero-order chi connectivity index (χ0) is 34.4. The van der Waals surface area contributed by atoms with Crippen LogP contribution in [-0.2, 0) is 41.7 Å². The summed E-state index contributed by atoms with van der Waals surface area (Å²) in [5.41, 5.74) is 1.49. The number of halogens is 3. The van der Waals surface area contributed by atoms with Gasteiger partial charge in [-0.15, -0.1) is 0 Å². The fraction of sp³-hybridized carbons (Fsp3) is 0.500. The second kappa shape index (κ2) is 18.2. The highest BCUT2D eigenvalue weighted by molar-refractivity contribution is 5.93. The third-order valence-electron chi connectivity index (χ3n) is 7.57. The van der Waals surface area contributed by atoms with E-state index in [0.717, 1.165) is 5.56 Å². The second-order valence-electron chi connectivity index (χ2n) is 11.9. The number of hydrogen-bond acceptors (Lipinski definition) is 7. The van der Waals surface area contributed by atoms with E-state index in [1.165, 1.54) is 13.8 Å². The number of benzene rings is 2. The van der Waals surface area contributed by atoms with Gasteiger partial charge in [-0.2, -0.15) is 13.2 Å². The quantitative estimate of drug-likeness (QED) is 0.203. The minimum absolute atomic E-state index is 0.0385. The van der Waals surface area contributed by atoms with Crippen molar-refractivity contribution in [2.45, 2.75) is 90.8 Å². The molecule has 2 aromatic rings. The van der Waals surface area contributed by atoms with Crippen molar-refractivity contribution in [1.29, 1.82) is 0 Å². The Labute approximate surface area is 267 Å². The van der Waals surface area contributed by atoms with Crippen LogP contribution in [0, 0.1) is 17.8 Å². The summed E-state index contributed by atoms with van der Waals surface area (Å²) in [5, 5.41) is 14.6. The number of carbonyl (C=O) groups excluding carboxylic acids is 5. The number of amides is 2. The Bertz CT molecular complexity index is 1300. The molecule has 12 heteroatoms. The van der Waals surface area contributed by atoms with Crippen LogP contribution in [-0.4, -0.2) is 58.8 Å². The van der Waals surface area contributed by atoms with E-state index in [-0.39, 0.29) is 31.8 Å². The molecule has 2 rings (SSSR count). The summed E-state index contributed by atoms with van der Waals surface area (Å²) in [6, 6.07) is 14.9. The van der Waals surface area contributed by atoms with Gasteiger partial charge in [-0.25, -0.2) is 0 Å². The zero-order valence-electron chi connectivity index (χ0n) is 26.5. The van der Waals surface area contributed by atoms with Gasteiger partial charge in [0.05, 0.1) is 24.4 Å².